The molecule has 1 aliphatic rings. The zero-order valence-electron chi connectivity index (χ0n) is 11.3. The van der Waals surface area contributed by atoms with E-state index in [0.717, 1.165) is 11.0 Å². The average molecular weight is 298 g/mol. The van der Waals surface area contributed by atoms with E-state index in [-0.39, 0.29) is 31.2 Å². The maximum absolute atomic E-state index is 13.5. The topological polar surface area (TPSA) is 88.1 Å². The van der Waals surface area contributed by atoms with Crippen LogP contribution in [0.5, 0.6) is 5.75 Å². The Kier molecular flexibility index (Phi) is 4.59. The number of carbonyl (C=O) groups excluding carboxylic acids is 1. The number of urea groups is 1. The summed E-state index contributed by atoms with van der Waals surface area (Å²) >= 11 is 0. The number of morpholine rings is 1. The van der Waals surface area contributed by atoms with Crippen molar-refractivity contribution in [3.05, 3.63) is 24.0 Å². The van der Waals surface area contributed by atoms with Gasteiger partial charge in [0.15, 0.2) is 17.6 Å². The molecule has 1 saturated heterocycles. The summed E-state index contributed by atoms with van der Waals surface area (Å²) in [6.07, 6.45) is 0. The number of carboxylic acids is 1. The van der Waals surface area contributed by atoms with E-state index in [0.29, 0.717) is 0 Å². The summed E-state index contributed by atoms with van der Waals surface area (Å²) in [4.78, 5) is 24.3. The van der Waals surface area contributed by atoms with Crippen LogP contribution in [0, 0.1) is 5.82 Å². The van der Waals surface area contributed by atoms with Gasteiger partial charge in [-0.3, -0.25) is 0 Å². The quantitative estimate of drug-likeness (QED) is 0.874. The third-order valence-electron chi connectivity index (χ3n) is 3.08. The molecule has 0 bridgehead atoms. The summed E-state index contributed by atoms with van der Waals surface area (Å²) in [7, 11) is 1.34. The Labute approximate surface area is 120 Å². The standard InChI is InChI=1S/C13H15FN2O5/c1-20-11-3-2-8(6-9(11)14)15-13(19)16-4-5-21-7-10(16)12(17)18/h2-3,6,10H,4-5,7H2,1H3,(H,15,19)(H,17,18). The highest BCUT2D eigenvalue weighted by molar-refractivity contribution is 5.92. The first-order valence-corrected chi connectivity index (χ1v) is 6.24. The van der Waals surface area contributed by atoms with Crippen molar-refractivity contribution < 1.29 is 28.6 Å². The van der Waals surface area contributed by atoms with Crippen LogP contribution >= 0.6 is 0 Å². The summed E-state index contributed by atoms with van der Waals surface area (Å²) < 4.78 is 23.4. The minimum Gasteiger partial charge on any atom is -0.494 e. The number of nitrogens with one attached hydrogen (secondary N) is 1. The smallest absolute Gasteiger partial charge is 0.328 e. The summed E-state index contributed by atoms with van der Waals surface area (Å²) in [5.74, 6) is -1.71. The van der Waals surface area contributed by atoms with Crippen LogP contribution in [0.2, 0.25) is 0 Å². The molecule has 114 valence electrons. The second kappa shape index (κ2) is 6.40. The number of amides is 2. The summed E-state index contributed by atoms with van der Waals surface area (Å²) in [6.45, 7) is 0.343. The molecule has 7 nitrogen and oxygen atoms in total. The Morgan fingerprint density at radius 3 is 2.90 bits per heavy atom. The van der Waals surface area contributed by atoms with Gasteiger partial charge in [-0.05, 0) is 12.1 Å². The lowest BCUT2D eigenvalue weighted by molar-refractivity contribution is -0.147. The molecule has 1 unspecified atom stereocenters. The number of carbonyl (C=O) groups is 2. The fraction of sp³-hybridized carbons (Fsp3) is 0.385. The number of benzene rings is 1. The number of aliphatic carboxylic acids is 1. The van der Waals surface area contributed by atoms with Crippen molar-refractivity contribution in [2.24, 2.45) is 0 Å². The van der Waals surface area contributed by atoms with Crippen molar-refractivity contribution in [2.75, 3.05) is 32.2 Å². The van der Waals surface area contributed by atoms with Crippen LogP contribution in [0.25, 0.3) is 0 Å². The number of methoxy groups -OCH3 is 1. The van der Waals surface area contributed by atoms with Crippen molar-refractivity contribution in [3.8, 4) is 5.75 Å². The molecule has 1 aliphatic heterocycles. The predicted molar refractivity (Wildman–Crippen MR) is 70.9 cm³/mol. The van der Waals surface area contributed by atoms with Crippen LogP contribution in [0.4, 0.5) is 14.9 Å². The molecule has 1 fully saturated rings. The Balaban J connectivity index is 2.09. The second-order valence-corrected chi connectivity index (χ2v) is 4.40. The maximum atomic E-state index is 13.5. The molecule has 2 N–H and O–H groups in total. The van der Waals surface area contributed by atoms with Crippen LogP contribution in [0.1, 0.15) is 0 Å². The third kappa shape index (κ3) is 3.40. The Morgan fingerprint density at radius 2 is 2.29 bits per heavy atom. The molecule has 2 amide bonds. The normalized spacial score (nSPS) is 18.2. The van der Waals surface area contributed by atoms with Crippen LogP contribution < -0.4 is 10.1 Å². The van der Waals surface area contributed by atoms with Gasteiger partial charge in [0.05, 0.1) is 20.3 Å². The molecule has 0 spiro atoms. The largest absolute Gasteiger partial charge is 0.494 e. The lowest BCUT2D eigenvalue weighted by Crippen LogP contribution is -2.53. The first-order valence-electron chi connectivity index (χ1n) is 6.24. The highest BCUT2D eigenvalue weighted by Crippen LogP contribution is 2.21. The molecule has 0 aliphatic carbocycles. The van der Waals surface area contributed by atoms with Gasteiger partial charge >= 0.3 is 12.0 Å². The minimum atomic E-state index is -1.15. The molecule has 0 saturated carbocycles. The molecule has 1 heterocycles. The third-order valence-corrected chi connectivity index (χ3v) is 3.08. The number of hydrogen-bond acceptors (Lipinski definition) is 4. The molecular formula is C13H15FN2O5. The van der Waals surface area contributed by atoms with Crippen molar-refractivity contribution in [2.45, 2.75) is 6.04 Å². The minimum absolute atomic E-state index is 0.0581. The first-order chi connectivity index (χ1) is 10.0. The van der Waals surface area contributed by atoms with Crippen LogP contribution in [-0.2, 0) is 9.53 Å². The highest BCUT2D eigenvalue weighted by atomic mass is 19.1. The van der Waals surface area contributed by atoms with E-state index in [1.165, 1.54) is 19.2 Å². The van der Waals surface area contributed by atoms with E-state index in [4.69, 9.17) is 14.6 Å². The van der Waals surface area contributed by atoms with Gasteiger partial charge in [0.2, 0.25) is 0 Å². The molecule has 1 aromatic rings. The molecule has 1 aromatic carbocycles. The van der Waals surface area contributed by atoms with Gasteiger partial charge in [0.1, 0.15) is 0 Å². The van der Waals surface area contributed by atoms with Gasteiger partial charge in [-0.2, -0.15) is 0 Å². The van der Waals surface area contributed by atoms with Crippen molar-refractivity contribution in [1.29, 1.82) is 0 Å². The highest BCUT2D eigenvalue weighted by Gasteiger charge is 2.32. The number of carboxylic acid groups (broad SMARTS) is 1. The number of ether oxygens (including phenoxy) is 2. The van der Waals surface area contributed by atoms with Crippen LogP contribution in [0.15, 0.2) is 18.2 Å². The van der Waals surface area contributed by atoms with E-state index in [1.54, 1.807) is 0 Å². The SMILES string of the molecule is COc1ccc(NC(=O)N2CCOCC2C(=O)O)cc1F. The summed E-state index contributed by atoms with van der Waals surface area (Å²) in [5, 5.41) is 11.5. The number of anilines is 1. The fourth-order valence-electron chi connectivity index (χ4n) is 1.99. The average Bonchev–Trinajstić information content (AvgIpc) is 2.47. The Hall–Kier alpha value is -2.35. The van der Waals surface area contributed by atoms with Gasteiger partial charge in [0, 0.05) is 18.3 Å². The number of rotatable bonds is 3. The number of hydrogen-bond donors (Lipinski definition) is 2. The van der Waals surface area contributed by atoms with Crippen LogP contribution in [-0.4, -0.2) is 54.9 Å². The van der Waals surface area contributed by atoms with Crippen molar-refractivity contribution in [3.63, 3.8) is 0 Å². The monoisotopic (exact) mass is 298 g/mol. The van der Waals surface area contributed by atoms with Crippen LogP contribution in [0.3, 0.4) is 0 Å². The van der Waals surface area contributed by atoms with E-state index in [1.807, 2.05) is 0 Å². The fourth-order valence-corrected chi connectivity index (χ4v) is 1.99. The second-order valence-electron chi connectivity index (χ2n) is 4.40. The summed E-state index contributed by atoms with van der Waals surface area (Å²) in [5.41, 5.74) is 0.217. The van der Waals surface area contributed by atoms with Gasteiger partial charge in [-0.15, -0.1) is 0 Å². The molecule has 8 heteroatoms. The number of halogens is 1. The van der Waals surface area contributed by atoms with E-state index >= 15 is 0 Å². The van der Waals surface area contributed by atoms with E-state index in [9.17, 15) is 14.0 Å². The lowest BCUT2D eigenvalue weighted by atomic mass is 10.2. The van der Waals surface area contributed by atoms with E-state index in [2.05, 4.69) is 5.32 Å². The molecule has 0 aromatic heterocycles. The van der Waals surface area contributed by atoms with Crippen molar-refractivity contribution >= 4 is 17.7 Å². The first kappa shape index (κ1) is 15.0. The van der Waals surface area contributed by atoms with Crippen molar-refractivity contribution in [1.82, 2.24) is 4.90 Å². The van der Waals surface area contributed by atoms with Gasteiger partial charge < -0.3 is 24.8 Å². The summed E-state index contributed by atoms with van der Waals surface area (Å²) in [6, 6.07) is 2.28. The molecular weight excluding hydrogens is 283 g/mol. The van der Waals surface area contributed by atoms with E-state index < -0.39 is 23.9 Å². The zero-order valence-corrected chi connectivity index (χ0v) is 11.3. The predicted octanol–water partition coefficient (Wildman–Crippen LogP) is 1.15. The molecule has 0 radical (unpaired) electrons. The Morgan fingerprint density at radius 1 is 1.52 bits per heavy atom. The molecule has 21 heavy (non-hydrogen) atoms. The maximum Gasteiger partial charge on any atom is 0.328 e. The molecule has 1 atom stereocenters. The lowest BCUT2D eigenvalue weighted by Gasteiger charge is -2.32. The zero-order chi connectivity index (χ0) is 15.4. The van der Waals surface area contributed by atoms with Gasteiger partial charge in [0.25, 0.3) is 0 Å². The number of nitrogens with zero attached hydrogens (tertiary/aromatic N) is 1. The Bertz CT molecular complexity index is 551. The van der Waals surface area contributed by atoms with Gasteiger partial charge in [-0.1, -0.05) is 0 Å². The molecule has 2 rings (SSSR count). The van der Waals surface area contributed by atoms with Gasteiger partial charge in [-0.25, -0.2) is 14.0 Å².